The van der Waals surface area contributed by atoms with E-state index in [1.54, 1.807) is 6.07 Å². The van der Waals surface area contributed by atoms with Crippen molar-refractivity contribution in [2.24, 2.45) is 5.92 Å². The van der Waals surface area contributed by atoms with Gasteiger partial charge in [-0.15, -0.1) is 0 Å². The Bertz CT molecular complexity index is 810. The molecule has 0 aromatic heterocycles. The van der Waals surface area contributed by atoms with E-state index in [1.807, 2.05) is 37.3 Å². The quantitative estimate of drug-likeness (QED) is 0.484. The van der Waals surface area contributed by atoms with Crippen LogP contribution in [0.2, 0.25) is 0 Å². The molecule has 2 aromatic carbocycles. The molecule has 0 atom stereocenters. The lowest BCUT2D eigenvalue weighted by Crippen LogP contribution is -2.15. The molecule has 0 saturated heterocycles. The lowest BCUT2D eigenvalue weighted by molar-refractivity contribution is -0.0820. The van der Waals surface area contributed by atoms with Crippen molar-refractivity contribution in [2.75, 3.05) is 0 Å². The van der Waals surface area contributed by atoms with Crippen LogP contribution in [0.3, 0.4) is 0 Å². The predicted octanol–water partition coefficient (Wildman–Crippen LogP) is 7.49. The Hall–Kier alpha value is -2.17. The van der Waals surface area contributed by atoms with E-state index in [1.165, 1.54) is 6.07 Å². The third-order valence-electron chi connectivity index (χ3n) is 5.24. The topological polar surface area (TPSA) is 0 Å². The van der Waals surface area contributed by atoms with Gasteiger partial charge < -0.3 is 0 Å². The molecule has 0 aliphatic heterocycles. The molecule has 27 heavy (non-hydrogen) atoms. The number of rotatable bonds is 3. The van der Waals surface area contributed by atoms with Crippen LogP contribution in [0.1, 0.15) is 42.7 Å². The molecule has 1 fully saturated rings. The molecular formula is C22H21F5. The second-order valence-corrected chi connectivity index (χ2v) is 7.22. The van der Waals surface area contributed by atoms with Gasteiger partial charge in [0, 0.05) is 11.5 Å². The zero-order valence-corrected chi connectivity index (χ0v) is 15.0. The first-order valence-electron chi connectivity index (χ1n) is 9.04. The largest absolute Gasteiger partial charge is 0.412 e. The van der Waals surface area contributed by atoms with Crippen molar-refractivity contribution in [3.8, 4) is 11.1 Å². The first-order chi connectivity index (χ1) is 12.7. The first kappa shape index (κ1) is 19.6. The number of hydrogen-bond donors (Lipinski definition) is 0. The summed E-state index contributed by atoms with van der Waals surface area (Å²) in [6.45, 7) is 1.83. The van der Waals surface area contributed by atoms with E-state index >= 15 is 0 Å². The number of hydrogen-bond acceptors (Lipinski definition) is 0. The van der Waals surface area contributed by atoms with Gasteiger partial charge in [0.25, 0.3) is 0 Å². The minimum atomic E-state index is -4.61. The Balaban J connectivity index is 1.66. The fraction of sp³-hybridized carbons (Fsp3) is 0.364. The summed E-state index contributed by atoms with van der Waals surface area (Å²) in [7, 11) is 0. The van der Waals surface area contributed by atoms with Crippen LogP contribution in [0.25, 0.3) is 11.1 Å². The van der Waals surface area contributed by atoms with Crippen LogP contribution >= 0.6 is 0 Å². The Morgan fingerprint density at radius 1 is 0.963 bits per heavy atom. The molecule has 3 rings (SSSR count). The van der Waals surface area contributed by atoms with Gasteiger partial charge in [-0.1, -0.05) is 36.4 Å². The zero-order chi connectivity index (χ0) is 19.6. The van der Waals surface area contributed by atoms with Gasteiger partial charge in [0.2, 0.25) is 0 Å². The zero-order valence-electron chi connectivity index (χ0n) is 15.0. The average Bonchev–Trinajstić information content (AvgIpc) is 2.61. The number of halogens is 5. The minimum Gasteiger partial charge on any atom is -0.212 e. The monoisotopic (exact) mass is 380 g/mol. The summed E-state index contributed by atoms with van der Waals surface area (Å²) in [4.78, 5) is 0. The van der Waals surface area contributed by atoms with E-state index in [0.29, 0.717) is 31.2 Å². The highest BCUT2D eigenvalue weighted by molar-refractivity contribution is 5.64. The van der Waals surface area contributed by atoms with Gasteiger partial charge >= 0.3 is 6.18 Å². The normalized spacial score (nSPS) is 21.3. The molecule has 0 bridgehead atoms. The van der Waals surface area contributed by atoms with Crippen LogP contribution in [0.15, 0.2) is 54.4 Å². The summed E-state index contributed by atoms with van der Waals surface area (Å²) >= 11 is 0. The molecule has 0 spiro atoms. The lowest BCUT2D eigenvalue weighted by Gasteiger charge is -2.28. The molecule has 1 aliphatic carbocycles. The number of benzene rings is 2. The first-order valence-corrected chi connectivity index (χ1v) is 9.04. The molecule has 1 saturated carbocycles. The number of allylic oxidation sites excluding steroid dienone is 2. The summed E-state index contributed by atoms with van der Waals surface area (Å²) < 4.78 is 64.7. The molecule has 0 nitrogen and oxygen atoms in total. The smallest absolute Gasteiger partial charge is 0.212 e. The van der Waals surface area contributed by atoms with E-state index in [-0.39, 0.29) is 17.8 Å². The van der Waals surface area contributed by atoms with Gasteiger partial charge in [-0.25, -0.2) is 8.78 Å². The van der Waals surface area contributed by atoms with Gasteiger partial charge in [0.1, 0.15) is 11.6 Å². The second kappa shape index (κ2) is 7.83. The Kier molecular flexibility index (Phi) is 5.68. The van der Waals surface area contributed by atoms with E-state index in [0.717, 1.165) is 16.7 Å². The fourth-order valence-corrected chi connectivity index (χ4v) is 3.77. The van der Waals surface area contributed by atoms with Crippen LogP contribution < -0.4 is 0 Å². The number of alkyl halides is 3. The van der Waals surface area contributed by atoms with Gasteiger partial charge in [-0.05, 0) is 61.3 Å². The summed E-state index contributed by atoms with van der Waals surface area (Å²) in [5.74, 6) is -1.79. The van der Waals surface area contributed by atoms with Crippen molar-refractivity contribution in [1.82, 2.24) is 0 Å². The molecule has 0 radical (unpaired) electrons. The SMILES string of the molecule is Cc1ccc(-c2ccc(C3CCC(/C(F)=C/C(F)(F)F)CC3)cc2)c(F)c1. The summed E-state index contributed by atoms with van der Waals surface area (Å²) in [6.07, 6.45) is -2.75. The van der Waals surface area contributed by atoms with Crippen molar-refractivity contribution in [3.63, 3.8) is 0 Å². The fourth-order valence-electron chi connectivity index (χ4n) is 3.77. The van der Waals surface area contributed by atoms with Crippen molar-refractivity contribution < 1.29 is 22.0 Å². The standard InChI is InChI=1S/C22H21F5/c1-14-2-11-19(20(23)12-14)17-7-3-15(4-8-17)16-5-9-18(10-6-16)21(24)13-22(25,26)27/h2-4,7-8,11-13,16,18H,5-6,9-10H2,1H3/b21-13-. The molecule has 1 aliphatic rings. The average molecular weight is 380 g/mol. The van der Waals surface area contributed by atoms with Crippen LogP contribution in [0.4, 0.5) is 22.0 Å². The molecule has 5 heteroatoms. The number of aryl methyl sites for hydroxylation is 1. The molecule has 0 amide bonds. The van der Waals surface area contributed by atoms with Crippen molar-refractivity contribution in [2.45, 2.75) is 44.7 Å². The maximum absolute atomic E-state index is 14.1. The van der Waals surface area contributed by atoms with Crippen molar-refractivity contribution in [3.05, 3.63) is 71.3 Å². The van der Waals surface area contributed by atoms with Crippen LogP contribution in [-0.2, 0) is 0 Å². The molecule has 2 aromatic rings. The summed E-state index contributed by atoms with van der Waals surface area (Å²) in [5, 5.41) is 0. The van der Waals surface area contributed by atoms with E-state index in [4.69, 9.17) is 0 Å². The molecule has 0 N–H and O–H groups in total. The minimum absolute atomic E-state index is 0.192. The highest BCUT2D eigenvalue weighted by atomic mass is 19.4. The second-order valence-electron chi connectivity index (χ2n) is 7.22. The van der Waals surface area contributed by atoms with Crippen molar-refractivity contribution in [1.29, 1.82) is 0 Å². The molecular weight excluding hydrogens is 359 g/mol. The highest BCUT2D eigenvalue weighted by Gasteiger charge is 2.30. The highest BCUT2D eigenvalue weighted by Crippen LogP contribution is 2.40. The van der Waals surface area contributed by atoms with E-state index in [9.17, 15) is 22.0 Å². The third kappa shape index (κ3) is 4.96. The Morgan fingerprint density at radius 2 is 1.59 bits per heavy atom. The van der Waals surface area contributed by atoms with Gasteiger partial charge in [-0.3, -0.25) is 0 Å². The Labute approximate surface area is 155 Å². The maximum atomic E-state index is 14.1. The van der Waals surface area contributed by atoms with Gasteiger partial charge in [0.15, 0.2) is 0 Å². The van der Waals surface area contributed by atoms with Gasteiger partial charge in [-0.2, -0.15) is 13.2 Å². The van der Waals surface area contributed by atoms with Crippen LogP contribution in [-0.4, -0.2) is 6.18 Å². The van der Waals surface area contributed by atoms with Crippen LogP contribution in [0, 0.1) is 18.7 Å². The maximum Gasteiger partial charge on any atom is 0.412 e. The molecule has 0 heterocycles. The Morgan fingerprint density at radius 3 is 2.15 bits per heavy atom. The summed E-state index contributed by atoms with van der Waals surface area (Å²) in [5.41, 5.74) is 3.24. The third-order valence-corrected chi connectivity index (χ3v) is 5.24. The molecule has 144 valence electrons. The summed E-state index contributed by atoms with van der Waals surface area (Å²) in [6, 6.07) is 12.7. The lowest BCUT2D eigenvalue weighted by atomic mass is 9.78. The van der Waals surface area contributed by atoms with Crippen molar-refractivity contribution >= 4 is 0 Å². The molecule has 0 unspecified atom stereocenters. The van der Waals surface area contributed by atoms with Crippen LogP contribution in [0.5, 0.6) is 0 Å². The van der Waals surface area contributed by atoms with Gasteiger partial charge in [0.05, 0.1) is 6.08 Å². The van der Waals surface area contributed by atoms with E-state index in [2.05, 4.69) is 0 Å². The predicted molar refractivity (Wildman–Crippen MR) is 96.5 cm³/mol. The van der Waals surface area contributed by atoms with E-state index < -0.39 is 17.9 Å².